The molecule has 0 saturated heterocycles. The van der Waals surface area contributed by atoms with E-state index in [-0.39, 0.29) is 12.4 Å². The fourth-order valence-electron chi connectivity index (χ4n) is 0.637. The highest BCUT2D eigenvalue weighted by atomic mass is 16.5. The maximum Gasteiger partial charge on any atom is 0.333 e. The molecule has 0 aliphatic carbocycles. The molecule has 0 N–H and O–H groups in total. The van der Waals surface area contributed by atoms with E-state index in [0.717, 1.165) is 0 Å². The van der Waals surface area contributed by atoms with Crippen LogP contribution in [0.15, 0.2) is 24.8 Å². The topological polar surface area (TPSA) is 43.4 Å². The maximum absolute atomic E-state index is 10.8. The van der Waals surface area contributed by atoms with E-state index in [0.29, 0.717) is 18.4 Å². The van der Waals surface area contributed by atoms with E-state index in [1.165, 1.54) is 6.08 Å². The zero-order chi connectivity index (χ0) is 10.3. The van der Waals surface area contributed by atoms with Crippen molar-refractivity contribution in [1.82, 2.24) is 0 Å². The van der Waals surface area contributed by atoms with Crippen molar-refractivity contribution in [2.75, 3.05) is 6.61 Å². The van der Waals surface area contributed by atoms with Crippen molar-refractivity contribution < 1.29 is 14.3 Å². The lowest BCUT2D eigenvalue weighted by Crippen LogP contribution is -2.07. The lowest BCUT2D eigenvalue weighted by molar-refractivity contribution is -0.139. The summed E-state index contributed by atoms with van der Waals surface area (Å²) in [5.74, 6) is -0.447. The molecule has 0 heterocycles. The smallest absolute Gasteiger partial charge is 0.333 e. The van der Waals surface area contributed by atoms with Crippen LogP contribution in [0.5, 0.6) is 0 Å². The summed E-state index contributed by atoms with van der Waals surface area (Å²) in [5, 5.41) is 0. The zero-order valence-electron chi connectivity index (χ0n) is 7.84. The standard InChI is InChI=1S/C10H14O3/c1-4-9(11)6-5-7-13-10(12)8(2)3/h4H,1-2,5-7H2,3H3. The molecule has 0 saturated carbocycles. The van der Waals surface area contributed by atoms with Crippen molar-refractivity contribution in [3.63, 3.8) is 0 Å². The Morgan fingerprint density at radius 1 is 1.46 bits per heavy atom. The number of carbonyl (C=O) groups is 2. The fourth-order valence-corrected chi connectivity index (χ4v) is 0.637. The third-order valence-corrected chi connectivity index (χ3v) is 1.38. The number of esters is 1. The molecular formula is C10H14O3. The van der Waals surface area contributed by atoms with Crippen molar-refractivity contribution in [2.24, 2.45) is 0 Å². The van der Waals surface area contributed by atoms with Crippen LogP contribution in [0, 0.1) is 0 Å². The third kappa shape index (κ3) is 5.84. The van der Waals surface area contributed by atoms with E-state index in [1.807, 2.05) is 0 Å². The SMILES string of the molecule is C=CC(=O)CCCOC(=O)C(=C)C. The molecule has 0 aliphatic heterocycles. The van der Waals surface area contributed by atoms with Crippen molar-refractivity contribution in [2.45, 2.75) is 19.8 Å². The first kappa shape index (κ1) is 11.6. The Morgan fingerprint density at radius 2 is 2.08 bits per heavy atom. The Hall–Kier alpha value is -1.38. The number of carbonyl (C=O) groups excluding carboxylic acids is 2. The predicted octanol–water partition coefficient (Wildman–Crippen LogP) is 1.64. The van der Waals surface area contributed by atoms with Crippen LogP contribution in [0.25, 0.3) is 0 Å². The van der Waals surface area contributed by atoms with Crippen LogP contribution in [0.4, 0.5) is 0 Å². The van der Waals surface area contributed by atoms with E-state index >= 15 is 0 Å². The molecule has 0 bridgehead atoms. The largest absolute Gasteiger partial charge is 0.462 e. The number of rotatable bonds is 6. The van der Waals surface area contributed by atoms with Gasteiger partial charge in [0.25, 0.3) is 0 Å². The van der Waals surface area contributed by atoms with Crippen LogP contribution < -0.4 is 0 Å². The molecule has 0 radical (unpaired) electrons. The summed E-state index contributed by atoms with van der Waals surface area (Å²) in [6, 6.07) is 0. The van der Waals surface area contributed by atoms with Crippen LogP contribution in [0.2, 0.25) is 0 Å². The van der Waals surface area contributed by atoms with Crippen molar-refractivity contribution in [3.05, 3.63) is 24.8 Å². The van der Waals surface area contributed by atoms with Crippen molar-refractivity contribution in [1.29, 1.82) is 0 Å². The van der Waals surface area contributed by atoms with Gasteiger partial charge >= 0.3 is 5.97 Å². The van der Waals surface area contributed by atoms with Crippen LogP contribution >= 0.6 is 0 Å². The second-order valence-electron chi connectivity index (χ2n) is 2.69. The summed E-state index contributed by atoms with van der Waals surface area (Å²) in [6.07, 6.45) is 2.16. The molecule has 0 aromatic rings. The molecule has 0 rings (SSSR count). The zero-order valence-corrected chi connectivity index (χ0v) is 7.84. The lowest BCUT2D eigenvalue weighted by Gasteiger charge is -2.02. The molecule has 3 nitrogen and oxygen atoms in total. The molecule has 0 unspecified atom stereocenters. The van der Waals surface area contributed by atoms with Gasteiger partial charge in [-0.1, -0.05) is 13.2 Å². The van der Waals surface area contributed by atoms with Gasteiger partial charge in [0.1, 0.15) is 0 Å². The highest BCUT2D eigenvalue weighted by Crippen LogP contribution is 1.96. The molecule has 72 valence electrons. The van der Waals surface area contributed by atoms with Gasteiger partial charge < -0.3 is 4.74 Å². The van der Waals surface area contributed by atoms with Gasteiger partial charge in [0.05, 0.1) is 6.61 Å². The van der Waals surface area contributed by atoms with Gasteiger partial charge in [-0.25, -0.2) is 4.79 Å². The second kappa shape index (κ2) is 6.17. The van der Waals surface area contributed by atoms with E-state index in [1.54, 1.807) is 6.92 Å². The molecule has 0 aromatic carbocycles. The normalized spacial score (nSPS) is 9.00. The number of hydrogen-bond acceptors (Lipinski definition) is 3. The third-order valence-electron chi connectivity index (χ3n) is 1.38. The summed E-state index contributed by atoms with van der Waals surface area (Å²) >= 11 is 0. The molecule has 3 heteroatoms. The number of hydrogen-bond donors (Lipinski definition) is 0. The summed E-state index contributed by atoms with van der Waals surface area (Å²) in [4.78, 5) is 21.5. The van der Waals surface area contributed by atoms with E-state index < -0.39 is 5.97 Å². The number of ketones is 1. The Morgan fingerprint density at radius 3 is 2.54 bits per heavy atom. The highest BCUT2D eigenvalue weighted by molar-refractivity contribution is 5.89. The average Bonchev–Trinajstić information content (AvgIpc) is 2.11. The molecule has 0 aliphatic rings. The van der Waals surface area contributed by atoms with E-state index in [2.05, 4.69) is 13.2 Å². The summed E-state index contributed by atoms with van der Waals surface area (Å²) in [5.41, 5.74) is 0.370. The molecule has 0 atom stereocenters. The monoisotopic (exact) mass is 182 g/mol. The van der Waals surface area contributed by atoms with Crippen LogP contribution in [0.1, 0.15) is 19.8 Å². The first-order chi connectivity index (χ1) is 6.07. The van der Waals surface area contributed by atoms with Gasteiger partial charge in [-0.3, -0.25) is 4.79 Å². The summed E-state index contributed by atoms with van der Waals surface area (Å²) in [7, 11) is 0. The van der Waals surface area contributed by atoms with Gasteiger partial charge in [-0.05, 0) is 19.4 Å². The lowest BCUT2D eigenvalue weighted by atomic mass is 10.2. The Kier molecular flexibility index (Phi) is 5.52. The molecular weight excluding hydrogens is 168 g/mol. The van der Waals surface area contributed by atoms with Crippen LogP contribution in [-0.2, 0) is 14.3 Å². The Bertz CT molecular complexity index is 228. The number of allylic oxidation sites excluding steroid dienone is 1. The average molecular weight is 182 g/mol. The number of ether oxygens (including phenoxy) is 1. The predicted molar refractivity (Wildman–Crippen MR) is 50.2 cm³/mol. The summed E-state index contributed by atoms with van der Waals surface area (Å²) < 4.78 is 4.77. The fraction of sp³-hybridized carbons (Fsp3) is 0.400. The van der Waals surface area contributed by atoms with Crippen LogP contribution in [-0.4, -0.2) is 18.4 Å². The second-order valence-corrected chi connectivity index (χ2v) is 2.69. The first-order valence-corrected chi connectivity index (χ1v) is 4.06. The van der Waals surface area contributed by atoms with Gasteiger partial charge in [-0.2, -0.15) is 0 Å². The van der Waals surface area contributed by atoms with E-state index in [9.17, 15) is 9.59 Å². The molecule has 13 heavy (non-hydrogen) atoms. The van der Waals surface area contributed by atoms with Gasteiger partial charge in [-0.15, -0.1) is 0 Å². The van der Waals surface area contributed by atoms with Gasteiger partial charge in [0.15, 0.2) is 5.78 Å². The van der Waals surface area contributed by atoms with Gasteiger partial charge in [0, 0.05) is 12.0 Å². The highest BCUT2D eigenvalue weighted by Gasteiger charge is 2.02. The van der Waals surface area contributed by atoms with E-state index in [4.69, 9.17) is 4.74 Å². The van der Waals surface area contributed by atoms with Crippen molar-refractivity contribution in [3.8, 4) is 0 Å². The van der Waals surface area contributed by atoms with Crippen molar-refractivity contribution >= 4 is 11.8 Å². The van der Waals surface area contributed by atoms with Gasteiger partial charge in [0.2, 0.25) is 0 Å². The molecule has 0 amide bonds. The Balaban J connectivity index is 3.46. The van der Waals surface area contributed by atoms with Crippen LogP contribution in [0.3, 0.4) is 0 Å². The first-order valence-electron chi connectivity index (χ1n) is 4.06. The minimum absolute atomic E-state index is 0.0358. The Labute approximate surface area is 78.1 Å². The molecule has 0 spiro atoms. The summed E-state index contributed by atoms with van der Waals surface area (Å²) in [6.45, 7) is 8.59. The maximum atomic E-state index is 10.8. The molecule has 0 aromatic heterocycles. The minimum atomic E-state index is -0.411. The minimum Gasteiger partial charge on any atom is -0.462 e. The quantitative estimate of drug-likeness (QED) is 0.356. The molecule has 0 fully saturated rings.